The van der Waals surface area contributed by atoms with Gasteiger partial charge >= 0.3 is 5.97 Å². The molecule has 1 aromatic heterocycles. The van der Waals surface area contributed by atoms with Crippen molar-refractivity contribution < 1.29 is 19.1 Å². The normalized spacial score (nSPS) is 14.0. The Morgan fingerprint density at radius 3 is 2.38 bits per heavy atom. The Morgan fingerprint density at radius 1 is 1.05 bits per heavy atom. The number of hydrogen-bond acceptors (Lipinski definition) is 4. The zero-order valence-electron chi connectivity index (χ0n) is 11.4. The van der Waals surface area contributed by atoms with Gasteiger partial charge in [0.05, 0.1) is 11.4 Å². The number of para-hydroxylation sites is 2. The van der Waals surface area contributed by atoms with Crippen molar-refractivity contribution in [3.8, 4) is 0 Å². The van der Waals surface area contributed by atoms with Gasteiger partial charge in [0, 0.05) is 20.1 Å². The van der Waals surface area contributed by atoms with Crippen LogP contribution < -0.4 is 9.80 Å². The molecule has 1 aliphatic heterocycles. The molecule has 1 aliphatic rings. The molecule has 6 heteroatoms. The first kappa shape index (κ1) is 13.2. The summed E-state index contributed by atoms with van der Waals surface area (Å²) >= 11 is 0. The molecule has 1 amide bonds. The first-order valence-electron chi connectivity index (χ1n) is 6.53. The van der Waals surface area contributed by atoms with Crippen LogP contribution in [0.1, 0.15) is 21.1 Å². The Hall–Kier alpha value is -2.76. The Kier molecular flexibility index (Phi) is 3.13. The highest BCUT2D eigenvalue weighted by Crippen LogP contribution is 2.32. The van der Waals surface area contributed by atoms with Gasteiger partial charge in [0.25, 0.3) is 5.91 Å². The summed E-state index contributed by atoms with van der Waals surface area (Å²) < 4.78 is 5.10. The molecule has 0 aliphatic carbocycles. The topological polar surface area (TPSA) is 74.0 Å². The summed E-state index contributed by atoms with van der Waals surface area (Å²) in [6.45, 7) is 1.23. The molecule has 21 heavy (non-hydrogen) atoms. The van der Waals surface area contributed by atoms with Crippen LogP contribution in [0.2, 0.25) is 0 Å². The fraction of sp³-hybridized carbons (Fsp3) is 0.200. The van der Waals surface area contributed by atoms with Gasteiger partial charge in [-0.25, -0.2) is 4.79 Å². The molecule has 0 unspecified atom stereocenters. The number of likely N-dealkylation sites (N-methyl/N-ethyl adjacent to an activating group) is 1. The summed E-state index contributed by atoms with van der Waals surface area (Å²) in [5, 5.41) is 8.86. The Labute approximate surface area is 121 Å². The van der Waals surface area contributed by atoms with Crippen LogP contribution in [-0.4, -0.2) is 37.1 Å². The van der Waals surface area contributed by atoms with E-state index in [9.17, 15) is 9.59 Å². The number of nitrogens with zero attached hydrogens (tertiary/aromatic N) is 2. The second kappa shape index (κ2) is 4.97. The van der Waals surface area contributed by atoms with E-state index in [1.807, 2.05) is 31.3 Å². The van der Waals surface area contributed by atoms with Crippen LogP contribution in [0.4, 0.5) is 11.4 Å². The van der Waals surface area contributed by atoms with E-state index in [4.69, 9.17) is 9.52 Å². The van der Waals surface area contributed by atoms with Gasteiger partial charge in [-0.1, -0.05) is 12.1 Å². The molecule has 3 rings (SSSR count). The van der Waals surface area contributed by atoms with Crippen LogP contribution >= 0.6 is 0 Å². The largest absolute Gasteiger partial charge is 0.475 e. The predicted octanol–water partition coefficient (Wildman–Crippen LogP) is 2.07. The average Bonchev–Trinajstić information content (AvgIpc) is 2.97. The number of carboxylic acid groups (broad SMARTS) is 1. The van der Waals surface area contributed by atoms with Gasteiger partial charge in [0.1, 0.15) is 0 Å². The number of carboxylic acids is 1. The number of aromatic carboxylic acids is 1. The zero-order chi connectivity index (χ0) is 15.0. The second-order valence-electron chi connectivity index (χ2n) is 4.84. The van der Waals surface area contributed by atoms with Crippen LogP contribution in [0.25, 0.3) is 0 Å². The minimum absolute atomic E-state index is 0.0340. The van der Waals surface area contributed by atoms with Crippen LogP contribution in [0, 0.1) is 0 Å². The molecule has 108 valence electrons. The number of carbonyl (C=O) groups excluding carboxylic acids is 1. The predicted molar refractivity (Wildman–Crippen MR) is 77.1 cm³/mol. The third-order valence-electron chi connectivity index (χ3n) is 3.52. The number of carbonyl (C=O) groups is 2. The lowest BCUT2D eigenvalue weighted by Gasteiger charge is -2.35. The number of amides is 1. The fourth-order valence-corrected chi connectivity index (χ4v) is 2.42. The molecule has 1 N–H and O–H groups in total. The van der Waals surface area contributed by atoms with Crippen molar-refractivity contribution in [2.24, 2.45) is 0 Å². The highest BCUT2D eigenvalue weighted by Gasteiger charge is 2.27. The minimum Gasteiger partial charge on any atom is -0.475 e. The first-order chi connectivity index (χ1) is 10.1. The maximum Gasteiger partial charge on any atom is 0.371 e. The van der Waals surface area contributed by atoms with Crippen molar-refractivity contribution in [3.05, 3.63) is 47.9 Å². The van der Waals surface area contributed by atoms with Gasteiger partial charge in [0.2, 0.25) is 5.76 Å². The van der Waals surface area contributed by atoms with E-state index in [1.165, 1.54) is 12.1 Å². The molecule has 0 saturated carbocycles. The summed E-state index contributed by atoms with van der Waals surface area (Å²) in [5.41, 5.74) is 1.76. The van der Waals surface area contributed by atoms with E-state index in [-0.39, 0.29) is 17.4 Å². The number of benzene rings is 1. The lowest BCUT2D eigenvalue weighted by atomic mass is 10.1. The van der Waals surface area contributed by atoms with E-state index < -0.39 is 5.97 Å². The number of rotatable bonds is 2. The fourth-order valence-electron chi connectivity index (χ4n) is 2.42. The van der Waals surface area contributed by atoms with Gasteiger partial charge in [0.15, 0.2) is 5.76 Å². The van der Waals surface area contributed by atoms with Gasteiger partial charge in [-0.05, 0) is 24.3 Å². The number of hydrogen-bond donors (Lipinski definition) is 1. The van der Waals surface area contributed by atoms with Crippen LogP contribution in [0.15, 0.2) is 40.8 Å². The monoisotopic (exact) mass is 286 g/mol. The van der Waals surface area contributed by atoms with Crippen molar-refractivity contribution in [3.63, 3.8) is 0 Å². The summed E-state index contributed by atoms with van der Waals surface area (Å²) in [7, 11) is 1.97. The van der Waals surface area contributed by atoms with Crippen molar-refractivity contribution in [1.29, 1.82) is 0 Å². The van der Waals surface area contributed by atoms with Crippen molar-refractivity contribution in [2.75, 3.05) is 29.9 Å². The number of furan rings is 1. The van der Waals surface area contributed by atoms with Crippen LogP contribution in [0.5, 0.6) is 0 Å². The molecule has 0 bridgehead atoms. The average molecular weight is 286 g/mol. The van der Waals surface area contributed by atoms with Crippen LogP contribution in [0.3, 0.4) is 0 Å². The van der Waals surface area contributed by atoms with Gasteiger partial charge in [-0.15, -0.1) is 0 Å². The maximum atomic E-state index is 12.5. The smallest absolute Gasteiger partial charge is 0.371 e. The lowest BCUT2D eigenvalue weighted by Crippen LogP contribution is -2.42. The minimum atomic E-state index is -1.19. The van der Waals surface area contributed by atoms with Crippen molar-refractivity contribution >= 4 is 23.3 Å². The van der Waals surface area contributed by atoms with E-state index in [2.05, 4.69) is 4.90 Å². The van der Waals surface area contributed by atoms with Gasteiger partial charge in [-0.2, -0.15) is 0 Å². The Balaban J connectivity index is 1.95. The second-order valence-corrected chi connectivity index (χ2v) is 4.84. The number of anilines is 2. The highest BCUT2D eigenvalue weighted by molar-refractivity contribution is 6.07. The standard InChI is InChI=1S/C15H14N2O4/c1-16-8-9-17(11-5-3-2-4-10(11)16)14(18)12-6-7-13(21-12)15(19)20/h2-7H,8-9H2,1H3,(H,19,20). The first-order valence-corrected chi connectivity index (χ1v) is 6.53. The maximum absolute atomic E-state index is 12.5. The summed E-state index contributed by atoms with van der Waals surface area (Å²) in [6, 6.07) is 10.3. The van der Waals surface area contributed by atoms with E-state index in [0.717, 1.165) is 11.4 Å². The van der Waals surface area contributed by atoms with Gasteiger partial charge < -0.3 is 19.3 Å². The van der Waals surface area contributed by atoms with Crippen molar-refractivity contribution in [1.82, 2.24) is 0 Å². The Morgan fingerprint density at radius 2 is 1.71 bits per heavy atom. The molecule has 1 aromatic carbocycles. The molecule has 2 aromatic rings. The summed E-state index contributed by atoms with van der Waals surface area (Å²) in [6.07, 6.45) is 0. The van der Waals surface area contributed by atoms with Crippen molar-refractivity contribution in [2.45, 2.75) is 0 Å². The highest BCUT2D eigenvalue weighted by atomic mass is 16.4. The molecule has 2 heterocycles. The Bertz CT molecular complexity index is 707. The van der Waals surface area contributed by atoms with Gasteiger partial charge in [-0.3, -0.25) is 4.79 Å². The number of fused-ring (bicyclic) bond motifs is 1. The molecule has 0 fully saturated rings. The third kappa shape index (κ3) is 2.24. The van der Waals surface area contributed by atoms with E-state index in [1.54, 1.807) is 4.90 Å². The molecular weight excluding hydrogens is 272 g/mol. The van der Waals surface area contributed by atoms with E-state index in [0.29, 0.717) is 13.1 Å². The molecule has 0 atom stereocenters. The molecular formula is C15H14N2O4. The summed E-state index contributed by atoms with van der Waals surface area (Å²) in [4.78, 5) is 27.0. The molecule has 0 saturated heterocycles. The summed E-state index contributed by atoms with van der Waals surface area (Å²) in [5.74, 6) is -1.72. The molecule has 0 radical (unpaired) electrons. The third-order valence-corrected chi connectivity index (χ3v) is 3.52. The lowest BCUT2D eigenvalue weighted by molar-refractivity contribution is 0.0660. The zero-order valence-corrected chi connectivity index (χ0v) is 11.4. The van der Waals surface area contributed by atoms with E-state index >= 15 is 0 Å². The quantitative estimate of drug-likeness (QED) is 0.914. The molecule has 0 spiro atoms. The molecule has 6 nitrogen and oxygen atoms in total. The van der Waals surface area contributed by atoms with Crippen LogP contribution in [-0.2, 0) is 0 Å². The SMILES string of the molecule is CN1CCN(C(=O)c2ccc(C(=O)O)o2)c2ccccc21.